The first-order chi connectivity index (χ1) is 10.5. The van der Waals surface area contributed by atoms with Crippen LogP contribution in [0.3, 0.4) is 0 Å². The van der Waals surface area contributed by atoms with Crippen LogP contribution in [0.1, 0.15) is 19.4 Å². The fraction of sp³-hybridized carbons (Fsp3) is 0.462. The molecule has 0 spiro atoms. The molecule has 0 saturated carbocycles. The number of ether oxygens (including phenoxy) is 2. The normalized spacial score (nSPS) is 11.0. The van der Waals surface area contributed by atoms with Crippen molar-refractivity contribution < 1.29 is 14.3 Å². The molecule has 0 aliphatic carbocycles. The van der Waals surface area contributed by atoms with Gasteiger partial charge in [-0.3, -0.25) is 0 Å². The second-order valence-electron chi connectivity index (χ2n) is 4.97. The molecule has 0 heterocycles. The molecule has 0 bridgehead atoms. The van der Waals surface area contributed by atoms with Crippen molar-refractivity contribution in [1.29, 1.82) is 0 Å². The van der Waals surface area contributed by atoms with Gasteiger partial charge in [0.2, 0.25) is 0 Å². The zero-order valence-electron chi connectivity index (χ0n) is 12.5. The first-order valence-electron chi connectivity index (χ1n) is 6.48. The van der Waals surface area contributed by atoms with Gasteiger partial charge in [-0.25, -0.2) is 4.79 Å². The standard InChI is InChI=1S/C13H18N6O3/c1-13(2,9-17-19-15)22-12(20)8-21-11-5-3-4-10(6-11)7-16-18-14/h3-6H,7-9H2,1-2H3,(H2,14,16). The number of rotatable bonds is 8. The van der Waals surface area contributed by atoms with E-state index in [1.165, 1.54) is 0 Å². The lowest BCUT2D eigenvalue weighted by molar-refractivity contribution is -0.157. The number of carbonyl (C=O) groups is 1. The minimum atomic E-state index is -0.879. The number of carbonyl (C=O) groups excluding carboxylic acids is 1. The van der Waals surface area contributed by atoms with E-state index in [-0.39, 0.29) is 13.2 Å². The van der Waals surface area contributed by atoms with Gasteiger partial charge in [0.15, 0.2) is 6.61 Å². The van der Waals surface area contributed by atoms with Gasteiger partial charge in [-0.1, -0.05) is 22.5 Å². The number of nitrogens with two attached hydrogens (primary N) is 1. The monoisotopic (exact) mass is 306 g/mol. The molecule has 0 amide bonds. The molecule has 0 fully saturated rings. The average molecular weight is 306 g/mol. The van der Waals surface area contributed by atoms with Crippen LogP contribution in [0.25, 0.3) is 10.4 Å². The molecule has 0 radical (unpaired) electrons. The van der Waals surface area contributed by atoms with Crippen molar-refractivity contribution in [2.45, 2.75) is 26.0 Å². The molecular weight excluding hydrogens is 288 g/mol. The number of esters is 1. The molecule has 0 aromatic heterocycles. The van der Waals surface area contributed by atoms with Gasteiger partial charge < -0.3 is 15.3 Å². The number of hydrogen-bond acceptors (Lipinski definition) is 6. The summed E-state index contributed by atoms with van der Waals surface area (Å²) >= 11 is 0. The summed E-state index contributed by atoms with van der Waals surface area (Å²) in [6.07, 6.45) is 0. The first-order valence-corrected chi connectivity index (χ1v) is 6.48. The van der Waals surface area contributed by atoms with E-state index in [1.807, 2.05) is 6.07 Å². The number of hydrogen-bond donors (Lipinski definition) is 1. The van der Waals surface area contributed by atoms with Crippen molar-refractivity contribution in [3.63, 3.8) is 0 Å². The summed E-state index contributed by atoms with van der Waals surface area (Å²) < 4.78 is 10.5. The lowest BCUT2D eigenvalue weighted by Gasteiger charge is -2.22. The maximum absolute atomic E-state index is 11.7. The van der Waals surface area contributed by atoms with E-state index in [2.05, 4.69) is 20.4 Å². The largest absolute Gasteiger partial charge is 0.482 e. The van der Waals surface area contributed by atoms with Crippen molar-refractivity contribution in [3.8, 4) is 5.75 Å². The molecule has 0 aliphatic heterocycles. The van der Waals surface area contributed by atoms with Crippen molar-refractivity contribution in [3.05, 3.63) is 40.3 Å². The molecule has 22 heavy (non-hydrogen) atoms. The predicted octanol–water partition coefficient (Wildman–Crippen LogP) is 2.52. The predicted molar refractivity (Wildman–Crippen MR) is 78.9 cm³/mol. The SMILES string of the molecule is CC(C)(CN=[N+]=[N-])OC(=O)COc1cccc(CN=NN)c1. The molecule has 0 atom stereocenters. The highest BCUT2D eigenvalue weighted by Gasteiger charge is 2.22. The summed E-state index contributed by atoms with van der Waals surface area (Å²) in [5.41, 5.74) is 8.25. The van der Waals surface area contributed by atoms with Crippen molar-refractivity contribution >= 4 is 5.97 Å². The van der Waals surface area contributed by atoms with Crippen LogP contribution in [0.2, 0.25) is 0 Å². The summed E-state index contributed by atoms with van der Waals surface area (Å²) in [6, 6.07) is 7.05. The Hall–Kier alpha value is -2.80. The summed E-state index contributed by atoms with van der Waals surface area (Å²) in [6.45, 7) is 3.43. The Balaban J connectivity index is 2.51. The average Bonchev–Trinajstić information content (AvgIpc) is 2.49. The smallest absolute Gasteiger partial charge is 0.344 e. The fourth-order valence-corrected chi connectivity index (χ4v) is 1.57. The molecule has 118 valence electrons. The Morgan fingerprint density at radius 2 is 2.23 bits per heavy atom. The van der Waals surface area contributed by atoms with Crippen LogP contribution in [-0.2, 0) is 16.1 Å². The van der Waals surface area contributed by atoms with Gasteiger partial charge in [0.05, 0.1) is 13.1 Å². The van der Waals surface area contributed by atoms with Crippen LogP contribution in [0.5, 0.6) is 5.75 Å². The number of benzene rings is 1. The summed E-state index contributed by atoms with van der Waals surface area (Å²) in [5, 5.41) is 10.2. The zero-order valence-corrected chi connectivity index (χ0v) is 12.5. The summed E-state index contributed by atoms with van der Waals surface area (Å²) in [7, 11) is 0. The Morgan fingerprint density at radius 3 is 2.91 bits per heavy atom. The van der Waals surface area contributed by atoms with Crippen molar-refractivity contribution in [2.75, 3.05) is 13.2 Å². The second kappa shape index (κ2) is 8.48. The second-order valence-corrected chi connectivity index (χ2v) is 4.97. The molecule has 0 unspecified atom stereocenters. The van der Waals surface area contributed by atoms with Crippen LogP contribution in [0.15, 0.2) is 39.7 Å². The number of azide groups is 1. The lowest BCUT2D eigenvalue weighted by Crippen LogP contribution is -2.33. The van der Waals surface area contributed by atoms with E-state index in [0.29, 0.717) is 12.3 Å². The zero-order chi connectivity index (χ0) is 16.4. The topological polar surface area (TPSA) is 135 Å². The van der Waals surface area contributed by atoms with E-state index in [1.54, 1.807) is 32.0 Å². The highest BCUT2D eigenvalue weighted by molar-refractivity contribution is 5.71. The van der Waals surface area contributed by atoms with Gasteiger partial charge in [-0.05, 0) is 37.1 Å². The fourth-order valence-electron chi connectivity index (χ4n) is 1.57. The third kappa shape index (κ3) is 6.58. The van der Waals surface area contributed by atoms with Crippen LogP contribution in [0.4, 0.5) is 0 Å². The van der Waals surface area contributed by atoms with Crippen LogP contribution in [0, 0.1) is 0 Å². The van der Waals surface area contributed by atoms with Gasteiger partial charge in [-0.15, -0.1) is 0 Å². The molecular formula is C13H18N6O3. The van der Waals surface area contributed by atoms with Crippen LogP contribution >= 0.6 is 0 Å². The Labute approximate surface area is 127 Å². The Morgan fingerprint density at radius 1 is 1.45 bits per heavy atom. The first kappa shape index (κ1) is 17.3. The maximum atomic E-state index is 11.7. The summed E-state index contributed by atoms with van der Waals surface area (Å²) in [5.74, 6) is 4.90. The van der Waals surface area contributed by atoms with Crippen molar-refractivity contribution in [1.82, 2.24) is 0 Å². The van der Waals surface area contributed by atoms with Gasteiger partial charge in [0, 0.05) is 4.91 Å². The third-order valence-electron chi connectivity index (χ3n) is 2.49. The molecule has 2 N–H and O–H groups in total. The highest BCUT2D eigenvalue weighted by Crippen LogP contribution is 2.15. The van der Waals surface area contributed by atoms with Crippen LogP contribution < -0.4 is 10.6 Å². The van der Waals surface area contributed by atoms with Gasteiger partial charge in [-0.2, -0.15) is 5.11 Å². The molecule has 1 aromatic rings. The highest BCUT2D eigenvalue weighted by atomic mass is 16.6. The molecule has 9 nitrogen and oxygen atoms in total. The van der Waals surface area contributed by atoms with Gasteiger partial charge >= 0.3 is 5.97 Å². The van der Waals surface area contributed by atoms with E-state index in [9.17, 15) is 4.79 Å². The minimum Gasteiger partial charge on any atom is -0.482 e. The minimum absolute atomic E-state index is 0.0504. The molecule has 0 aliphatic rings. The molecule has 1 aromatic carbocycles. The van der Waals surface area contributed by atoms with E-state index in [4.69, 9.17) is 20.8 Å². The summed E-state index contributed by atoms with van der Waals surface area (Å²) in [4.78, 5) is 14.4. The molecule has 9 heteroatoms. The van der Waals surface area contributed by atoms with Crippen LogP contribution in [-0.4, -0.2) is 24.7 Å². The van der Waals surface area contributed by atoms with Gasteiger partial charge in [0.25, 0.3) is 0 Å². The molecule has 1 rings (SSSR count). The van der Waals surface area contributed by atoms with Crippen molar-refractivity contribution in [2.24, 2.45) is 21.3 Å². The number of nitrogens with zero attached hydrogens (tertiary/aromatic N) is 5. The Bertz CT molecular complexity index is 581. The van der Waals surface area contributed by atoms with Gasteiger partial charge in [0.1, 0.15) is 11.4 Å². The van der Waals surface area contributed by atoms with E-state index >= 15 is 0 Å². The molecule has 0 saturated heterocycles. The third-order valence-corrected chi connectivity index (χ3v) is 2.49. The quantitative estimate of drug-likeness (QED) is 0.197. The maximum Gasteiger partial charge on any atom is 0.344 e. The Kier molecular flexibility index (Phi) is 6.65. The van der Waals surface area contributed by atoms with E-state index in [0.717, 1.165) is 5.56 Å². The lowest BCUT2D eigenvalue weighted by atomic mass is 10.1. The van der Waals surface area contributed by atoms with E-state index < -0.39 is 11.6 Å².